The number of aliphatic hydroxyl groups is 2. The normalized spacial score (nSPS) is 21.5. The molecule has 1 aliphatic carbocycles. The monoisotopic (exact) mass is 385 g/mol. The zero-order valence-corrected chi connectivity index (χ0v) is 17.0. The quantitative estimate of drug-likeness (QED) is 0.614. The molecule has 152 valence electrons. The first-order valence-corrected chi connectivity index (χ1v) is 9.98. The summed E-state index contributed by atoms with van der Waals surface area (Å²) in [5.74, 6) is -0.175. The molecule has 3 rings (SSSR count). The molecule has 4 N–H and O–H groups in total. The number of aromatic nitrogens is 2. The van der Waals surface area contributed by atoms with Crippen molar-refractivity contribution in [2.45, 2.75) is 58.5 Å². The molecule has 6 heteroatoms. The van der Waals surface area contributed by atoms with Gasteiger partial charge in [-0.3, -0.25) is 9.89 Å². The Morgan fingerprint density at radius 1 is 1.29 bits per heavy atom. The van der Waals surface area contributed by atoms with Crippen molar-refractivity contribution >= 4 is 5.91 Å². The molecule has 0 aliphatic heterocycles. The molecule has 1 unspecified atom stereocenters. The van der Waals surface area contributed by atoms with E-state index in [1.165, 1.54) is 0 Å². The maximum absolute atomic E-state index is 12.8. The second-order valence-corrected chi connectivity index (χ2v) is 8.88. The molecule has 6 nitrogen and oxygen atoms in total. The van der Waals surface area contributed by atoms with Gasteiger partial charge >= 0.3 is 0 Å². The van der Waals surface area contributed by atoms with Gasteiger partial charge in [0.05, 0.1) is 17.0 Å². The Morgan fingerprint density at radius 3 is 2.79 bits per heavy atom. The molecule has 0 spiro atoms. The number of H-pyrrole nitrogens is 1. The van der Waals surface area contributed by atoms with Crippen LogP contribution in [-0.4, -0.2) is 45.1 Å². The van der Waals surface area contributed by atoms with E-state index in [4.69, 9.17) is 5.11 Å². The third-order valence-corrected chi connectivity index (χ3v) is 5.67. The third-order valence-electron chi connectivity index (χ3n) is 5.67. The summed E-state index contributed by atoms with van der Waals surface area (Å²) >= 11 is 0. The highest BCUT2D eigenvalue weighted by Crippen LogP contribution is 2.40. The summed E-state index contributed by atoms with van der Waals surface area (Å²) in [5, 5.41) is 30.0. The van der Waals surface area contributed by atoms with Crippen LogP contribution < -0.4 is 5.32 Å². The molecular weight excluding hydrogens is 354 g/mol. The van der Waals surface area contributed by atoms with E-state index in [2.05, 4.69) is 29.4 Å². The molecule has 1 fully saturated rings. The molecule has 2 aromatic rings. The van der Waals surface area contributed by atoms with E-state index in [0.717, 1.165) is 41.8 Å². The van der Waals surface area contributed by atoms with Crippen molar-refractivity contribution in [1.29, 1.82) is 0 Å². The van der Waals surface area contributed by atoms with Crippen LogP contribution in [0.2, 0.25) is 0 Å². The van der Waals surface area contributed by atoms with E-state index in [1.807, 2.05) is 31.2 Å². The lowest BCUT2D eigenvalue weighted by Gasteiger charge is -2.41. The van der Waals surface area contributed by atoms with E-state index in [9.17, 15) is 9.90 Å². The minimum Gasteiger partial charge on any atom is -0.396 e. The van der Waals surface area contributed by atoms with Crippen molar-refractivity contribution in [2.75, 3.05) is 13.2 Å². The fourth-order valence-corrected chi connectivity index (χ4v) is 4.24. The van der Waals surface area contributed by atoms with Crippen LogP contribution >= 0.6 is 0 Å². The standard InChI is InChI=1S/C22H31N3O3/c1-15-5-6-16(19-12-17(7-10-26)24-25-19)11-18(15)20(27)23-14-22(28)9-4-8-21(2,3)13-22/h5-6,11-12,26,28H,4,7-10,13-14H2,1-3H3,(H,23,27)(H,24,25). The summed E-state index contributed by atoms with van der Waals surface area (Å²) in [6.45, 7) is 6.56. The average Bonchev–Trinajstić information content (AvgIpc) is 3.08. The van der Waals surface area contributed by atoms with Crippen LogP contribution in [0.5, 0.6) is 0 Å². The molecule has 0 saturated heterocycles. The predicted molar refractivity (Wildman–Crippen MR) is 109 cm³/mol. The number of nitrogens with one attached hydrogen (secondary N) is 2. The molecular formula is C22H31N3O3. The first-order chi connectivity index (χ1) is 13.2. The largest absolute Gasteiger partial charge is 0.396 e. The van der Waals surface area contributed by atoms with Gasteiger partial charge in [0, 0.05) is 30.7 Å². The van der Waals surface area contributed by atoms with Gasteiger partial charge in [-0.2, -0.15) is 5.10 Å². The highest BCUT2D eigenvalue weighted by molar-refractivity contribution is 5.96. The smallest absolute Gasteiger partial charge is 0.251 e. The van der Waals surface area contributed by atoms with E-state index < -0.39 is 5.60 Å². The van der Waals surface area contributed by atoms with Crippen LogP contribution in [0.25, 0.3) is 11.3 Å². The number of hydrogen-bond donors (Lipinski definition) is 4. The van der Waals surface area contributed by atoms with Gasteiger partial charge in [-0.15, -0.1) is 0 Å². The molecule has 1 aromatic carbocycles. The Hall–Kier alpha value is -2.18. The van der Waals surface area contributed by atoms with Crippen LogP contribution in [0.4, 0.5) is 0 Å². The van der Waals surface area contributed by atoms with Crippen LogP contribution in [-0.2, 0) is 6.42 Å². The van der Waals surface area contributed by atoms with Crippen molar-refractivity contribution in [3.63, 3.8) is 0 Å². The minimum atomic E-state index is -0.842. The lowest BCUT2D eigenvalue weighted by atomic mass is 9.70. The zero-order chi connectivity index (χ0) is 20.4. The Labute approximate surface area is 166 Å². The Balaban J connectivity index is 1.72. The first kappa shape index (κ1) is 20.6. The molecule has 1 aliphatic rings. The van der Waals surface area contributed by atoms with Crippen molar-refractivity contribution < 1.29 is 15.0 Å². The van der Waals surface area contributed by atoms with E-state index in [0.29, 0.717) is 18.4 Å². The summed E-state index contributed by atoms with van der Waals surface area (Å²) in [7, 11) is 0. The van der Waals surface area contributed by atoms with Crippen LogP contribution in [0.3, 0.4) is 0 Å². The maximum Gasteiger partial charge on any atom is 0.251 e. The molecule has 28 heavy (non-hydrogen) atoms. The Morgan fingerprint density at radius 2 is 2.07 bits per heavy atom. The molecule has 1 aromatic heterocycles. The molecule has 1 amide bonds. The predicted octanol–water partition coefficient (Wildman–Crippen LogP) is 2.98. The zero-order valence-electron chi connectivity index (χ0n) is 17.0. The van der Waals surface area contributed by atoms with Gasteiger partial charge in [0.25, 0.3) is 5.91 Å². The molecule has 0 bridgehead atoms. The van der Waals surface area contributed by atoms with Gasteiger partial charge in [0.1, 0.15) is 0 Å². The third kappa shape index (κ3) is 4.80. The second kappa shape index (κ2) is 8.05. The fraction of sp³-hybridized carbons (Fsp3) is 0.545. The second-order valence-electron chi connectivity index (χ2n) is 8.88. The first-order valence-electron chi connectivity index (χ1n) is 9.98. The van der Waals surface area contributed by atoms with Gasteiger partial charge in [0.2, 0.25) is 0 Å². The van der Waals surface area contributed by atoms with Crippen molar-refractivity contribution in [3.8, 4) is 11.3 Å². The highest BCUT2D eigenvalue weighted by Gasteiger charge is 2.38. The van der Waals surface area contributed by atoms with Crippen LogP contribution in [0.15, 0.2) is 24.3 Å². The fourth-order valence-electron chi connectivity index (χ4n) is 4.24. The molecule has 1 atom stereocenters. The maximum atomic E-state index is 12.8. The van der Waals surface area contributed by atoms with Crippen LogP contribution in [0, 0.1) is 12.3 Å². The van der Waals surface area contributed by atoms with E-state index in [1.54, 1.807) is 0 Å². The summed E-state index contributed by atoms with van der Waals surface area (Å²) in [6, 6.07) is 7.58. The molecule has 1 heterocycles. The van der Waals surface area contributed by atoms with Crippen molar-refractivity contribution in [2.24, 2.45) is 5.41 Å². The summed E-state index contributed by atoms with van der Waals surface area (Å²) in [6.07, 6.45) is 3.99. The van der Waals surface area contributed by atoms with Crippen molar-refractivity contribution in [3.05, 3.63) is 41.1 Å². The Bertz CT molecular complexity index is 843. The SMILES string of the molecule is Cc1ccc(-c2cc(CCO)n[nH]2)cc1C(=O)NCC1(O)CCCC(C)(C)C1. The number of aromatic amines is 1. The number of hydrogen-bond acceptors (Lipinski definition) is 4. The van der Waals surface area contributed by atoms with Gasteiger partial charge in [-0.05, 0) is 55.7 Å². The average molecular weight is 386 g/mol. The number of rotatable bonds is 6. The van der Waals surface area contributed by atoms with Gasteiger partial charge in [-0.25, -0.2) is 0 Å². The van der Waals surface area contributed by atoms with Gasteiger partial charge < -0.3 is 15.5 Å². The summed E-state index contributed by atoms with van der Waals surface area (Å²) in [5.41, 5.74) is 3.19. The number of aryl methyl sites for hydroxylation is 1. The minimum absolute atomic E-state index is 0.0472. The van der Waals surface area contributed by atoms with E-state index >= 15 is 0 Å². The summed E-state index contributed by atoms with van der Waals surface area (Å²) < 4.78 is 0. The molecule has 0 radical (unpaired) electrons. The number of carbonyl (C=O) groups excluding carboxylic acids is 1. The highest BCUT2D eigenvalue weighted by atomic mass is 16.3. The number of nitrogens with zero attached hydrogens (tertiary/aromatic N) is 1. The van der Waals surface area contributed by atoms with Crippen molar-refractivity contribution in [1.82, 2.24) is 15.5 Å². The lowest BCUT2D eigenvalue weighted by molar-refractivity contribution is -0.0361. The number of carbonyl (C=O) groups is 1. The summed E-state index contributed by atoms with van der Waals surface area (Å²) in [4.78, 5) is 12.8. The lowest BCUT2D eigenvalue weighted by Crippen LogP contribution is -2.48. The number of aliphatic hydroxyl groups excluding tert-OH is 1. The van der Waals surface area contributed by atoms with Crippen LogP contribution in [0.1, 0.15) is 61.1 Å². The van der Waals surface area contributed by atoms with Gasteiger partial charge in [0.15, 0.2) is 0 Å². The number of benzene rings is 1. The number of amides is 1. The van der Waals surface area contributed by atoms with E-state index in [-0.39, 0.29) is 24.5 Å². The topological polar surface area (TPSA) is 98.2 Å². The molecule has 1 saturated carbocycles. The van der Waals surface area contributed by atoms with Gasteiger partial charge in [-0.1, -0.05) is 26.0 Å². The Kier molecular flexibility index (Phi) is 5.91.